The third kappa shape index (κ3) is 3.73. The molecule has 0 N–H and O–H groups in total. The van der Waals surface area contributed by atoms with Crippen molar-refractivity contribution in [2.24, 2.45) is 0 Å². The summed E-state index contributed by atoms with van der Waals surface area (Å²) in [4.78, 5) is 0. The van der Waals surface area contributed by atoms with Gasteiger partial charge in [-0.1, -0.05) is 0 Å². The number of thiocyanates is 2. The first-order valence-corrected chi connectivity index (χ1v) is 3.60. The molecule has 0 aliphatic carbocycles. The van der Waals surface area contributed by atoms with E-state index in [2.05, 4.69) is 0 Å². The standard InChI is InChI=1S/C4HN3S2/c5-1-4(8-2-6)9-3-7/h4H. The zero-order chi connectivity index (χ0) is 7.11. The maximum absolute atomic E-state index is 8.19. The highest BCUT2D eigenvalue weighted by Crippen LogP contribution is 2.19. The summed E-state index contributed by atoms with van der Waals surface area (Å²) in [6.07, 6.45) is 0. The van der Waals surface area contributed by atoms with Gasteiger partial charge >= 0.3 is 0 Å². The molecule has 0 aromatic rings. The molecule has 0 spiro atoms. The van der Waals surface area contributed by atoms with E-state index in [0.29, 0.717) is 0 Å². The minimum Gasteiger partial charge on any atom is -0.196 e. The minimum atomic E-state index is -0.569. The Kier molecular flexibility index (Phi) is 4.82. The second-order valence-corrected chi connectivity index (χ2v) is 2.96. The molecule has 0 saturated carbocycles. The van der Waals surface area contributed by atoms with Gasteiger partial charge < -0.3 is 0 Å². The summed E-state index contributed by atoms with van der Waals surface area (Å²) < 4.78 is -0.569. The number of nitriles is 3. The Morgan fingerprint density at radius 2 is 1.44 bits per heavy atom. The fourth-order valence-corrected chi connectivity index (χ4v) is 0.920. The van der Waals surface area contributed by atoms with Crippen molar-refractivity contribution in [2.45, 2.75) is 4.58 Å². The van der Waals surface area contributed by atoms with E-state index in [1.54, 1.807) is 16.9 Å². The Morgan fingerprint density at radius 3 is 1.67 bits per heavy atom. The molecular weight excluding hydrogens is 154 g/mol. The van der Waals surface area contributed by atoms with E-state index in [9.17, 15) is 0 Å². The van der Waals surface area contributed by atoms with E-state index in [-0.39, 0.29) is 0 Å². The molecule has 0 fully saturated rings. The van der Waals surface area contributed by atoms with E-state index in [4.69, 9.17) is 15.8 Å². The number of rotatable bonds is 2. The molecule has 0 radical (unpaired) electrons. The third-order valence-corrected chi connectivity index (χ3v) is 1.85. The molecule has 0 bridgehead atoms. The van der Waals surface area contributed by atoms with Gasteiger partial charge in [-0.05, 0) is 23.5 Å². The molecule has 0 aromatic heterocycles. The molecular formula is C4HN3S2. The Hall–Kier alpha value is -0.830. The summed E-state index contributed by atoms with van der Waals surface area (Å²) in [5.74, 6) is 0. The molecule has 0 saturated heterocycles. The maximum Gasteiger partial charge on any atom is 0.165 e. The van der Waals surface area contributed by atoms with Gasteiger partial charge in [0.15, 0.2) is 4.58 Å². The van der Waals surface area contributed by atoms with Crippen LogP contribution >= 0.6 is 23.5 Å². The highest BCUT2D eigenvalue weighted by atomic mass is 32.2. The van der Waals surface area contributed by atoms with Gasteiger partial charge in [-0.3, -0.25) is 0 Å². The van der Waals surface area contributed by atoms with Gasteiger partial charge in [-0.25, -0.2) is 0 Å². The van der Waals surface area contributed by atoms with Gasteiger partial charge in [-0.2, -0.15) is 15.8 Å². The molecule has 0 aromatic carbocycles. The summed E-state index contributed by atoms with van der Waals surface area (Å²) >= 11 is 1.57. The second-order valence-electron chi connectivity index (χ2n) is 0.879. The molecule has 0 amide bonds. The lowest BCUT2D eigenvalue weighted by Gasteiger charge is -1.89. The molecule has 0 unspecified atom stereocenters. The summed E-state index contributed by atoms with van der Waals surface area (Å²) in [6, 6.07) is 1.78. The highest BCUT2D eigenvalue weighted by Gasteiger charge is 2.05. The average molecular weight is 155 g/mol. The fraction of sp³-hybridized carbons (Fsp3) is 0.250. The SMILES string of the molecule is N#CSC(C#N)SC#N. The van der Waals surface area contributed by atoms with Crippen LogP contribution in [0, 0.1) is 32.7 Å². The predicted molar refractivity (Wildman–Crippen MR) is 35.8 cm³/mol. The summed E-state index contributed by atoms with van der Waals surface area (Å²) in [5, 5.41) is 27.7. The van der Waals surface area contributed by atoms with Crippen LogP contribution in [-0.2, 0) is 0 Å². The Labute approximate surface area is 61.3 Å². The molecule has 0 heterocycles. The second kappa shape index (κ2) is 5.31. The van der Waals surface area contributed by atoms with E-state index >= 15 is 0 Å². The maximum atomic E-state index is 8.19. The van der Waals surface area contributed by atoms with Crippen molar-refractivity contribution in [1.29, 1.82) is 15.8 Å². The van der Waals surface area contributed by atoms with Crippen molar-refractivity contribution in [1.82, 2.24) is 0 Å². The van der Waals surface area contributed by atoms with Crippen molar-refractivity contribution in [3.63, 3.8) is 0 Å². The van der Waals surface area contributed by atoms with Gasteiger partial charge in [0.1, 0.15) is 10.8 Å². The molecule has 0 rings (SSSR count). The molecule has 0 atom stereocenters. The molecule has 0 aliphatic heterocycles. The molecule has 0 aliphatic rings. The van der Waals surface area contributed by atoms with E-state index in [0.717, 1.165) is 23.5 Å². The Bertz CT molecular complexity index is 177. The zero-order valence-electron chi connectivity index (χ0n) is 4.24. The van der Waals surface area contributed by atoms with Gasteiger partial charge in [0, 0.05) is 0 Å². The van der Waals surface area contributed by atoms with Crippen LogP contribution in [0.4, 0.5) is 0 Å². The van der Waals surface area contributed by atoms with E-state index in [1.165, 1.54) is 0 Å². The summed E-state index contributed by atoms with van der Waals surface area (Å²) in [7, 11) is 0. The Morgan fingerprint density at radius 1 is 1.00 bits per heavy atom. The number of hydrogen-bond acceptors (Lipinski definition) is 5. The van der Waals surface area contributed by atoms with E-state index in [1.807, 2.05) is 0 Å². The van der Waals surface area contributed by atoms with Crippen molar-refractivity contribution >= 4 is 23.5 Å². The average Bonchev–Trinajstić information content (AvgIpc) is 1.88. The molecule has 3 nitrogen and oxygen atoms in total. The lowest BCUT2D eigenvalue weighted by atomic mass is 10.9. The van der Waals surface area contributed by atoms with Crippen LogP contribution in [-0.4, -0.2) is 4.58 Å². The first-order chi connectivity index (χ1) is 4.35. The molecule has 5 heteroatoms. The first kappa shape index (κ1) is 8.17. The van der Waals surface area contributed by atoms with E-state index < -0.39 is 4.58 Å². The predicted octanol–water partition coefficient (Wildman–Crippen LogP) is 1.26. The van der Waals surface area contributed by atoms with Gasteiger partial charge in [0.25, 0.3) is 0 Å². The van der Waals surface area contributed by atoms with Crippen LogP contribution in [0.15, 0.2) is 0 Å². The quantitative estimate of drug-likeness (QED) is 0.443. The number of thioether (sulfide) groups is 2. The van der Waals surface area contributed by atoms with Gasteiger partial charge in [0.2, 0.25) is 0 Å². The lowest BCUT2D eigenvalue weighted by Crippen LogP contribution is -1.85. The highest BCUT2D eigenvalue weighted by molar-refractivity contribution is 8.21. The van der Waals surface area contributed by atoms with Gasteiger partial charge in [-0.15, -0.1) is 0 Å². The van der Waals surface area contributed by atoms with Crippen molar-refractivity contribution < 1.29 is 0 Å². The summed E-state index contributed by atoms with van der Waals surface area (Å²) in [5.41, 5.74) is 0. The minimum absolute atomic E-state index is 0.569. The third-order valence-electron chi connectivity index (χ3n) is 0.425. The van der Waals surface area contributed by atoms with Crippen molar-refractivity contribution in [2.75, 3.05) is 0 Å². The number of hydrogen-bond donors (Lipinski definition) is 0. The van der Waals surface area contributed by atoms with Crippen LogP contribution in [0.5, 0.6) is 0 Å². The topological polar surface area (TPSA) is 71.4 Å². The molecule has 44 valence electrons. The normalized spacial score (nSPS) is 7.33. The summed E-state index contributed by atoms with van der Waals surface area (Å²) in [6.45, 7) is 0. The largest absolute Gasteiger partial charge is 0.196 e. The first-order valence-electron chi connectivity index (χ1n) is 1.84. The van der Waals surface area contributed by atoms with Crippen LogP contribution in [0.2, 0.25) is 0 Å². The smallest absolute Gasteiger partial charge is 0.165 e. The Balaban J connectivity index is 3.65. The monoisotopic (exact) mass is 155 g/mol. The fourth-order valence-electron chi connectivity index (χ4n) is 0.172. The van der Waals surface area contributed by atoms with Crippen molar-refractivity contribution in [3.8, 4) is 16.9 Å². The lowest BCUT2D eigenvalue weighted by molar-refractivity contribution is 1.47. The van der Waals surface area contributed by atoms with Crippen LogP contribution in [0.3, 0.4) is 0 Å². The molecule has 9 heavy (non-hydrogen) atoms. The number of nitrogens with zero attached hydrogens (tertiary/aromatic N) is 3. The van der Waals surface area contributed by atoms with Crippen molar-refractivity contribution in [3.05, 3.63) is 0 Å². The zero-order valence-corrected chi connectivity index (χ0v) is 5.87. The van der Waals surface area contributed by atoms with Crippen LogP contribution < -0.4 is 0 Å². The van der Waals surface area contributed by atoms with Crippen LogP contribution in [0.1, 0.15) is 0 Å². The van der Waals surface area contributed by atoms with Gasteiger partial charge in [0.05, 0.1) is 6.07 Å². The van der Waals surface area contributed by atoms with Crippen LogP contribution in [0.25, 0.3) is 0 Å².